The summed E-state index contributed by atoms with van der Waals surface area (Å²) in [6, 6.07) is 0. The molecule has 3 N–H and O–H groups in total. The zero-order chi connectivity index (χ0) is 15.0. The predicted octanol–water partition coefficient (Wildman–Crippen LogP) is 1.10. The maximum absolute atomic E-state index is 11.5. The summed E-state index contributed by atoms with van der Waals surface area (Å²) < 4.78 is 5.45. The van der Waals surface area contributed by atoms with Gasteiger partial charge in [0.1, 0.15) is 5.76 Å². The number of rotatable bonds is 6. The van der Waals surface area contributed by atoms with Gasteiger partial charge in [-0.3, -0.25) is 9.79 Å². The van der Waals surface area contributed by atoms with E-state index in [1.54, 1.807) is 7.05 Å². The van der Waals surface area contributed by atoms with Gasteiger partial charge in [-0.05, 0) is 20.3 Å². The third-order valence-electron chi connectivity index (χ3n) is 2.69. The fraction of sp³-hybridized carbons (Fsp3) is 0.615. The number of guanidine groups is 1. The molecule has 0 saturated heterocycles. The van der Waals surface area contributed by atoms with Gasteiger partial charge in [-0.25, -0.2) is 4.98 Å². The molecule has 1 amide bonds. The fourth-order valence-corrected chi connectivity index (χ4v) is 1.49. The summed E-state index contributed by atoms with van der Waals surface area (Å²) in [5.41, 5.74) is 0.878. The van der Waals surface area contributed by atoms with Gasteiger partial charge in [-0.15, -0.1) is 24.0 Å². The Morgan fingerprint density at radius 3 is 2.52 bits per heavy atom. The molecule has 0 aliphatic heterocycles. The maximum Gasteiger partial charge on any atom is 0.239 e. The summed E-state index contributed by atoms with van der Waals surface area (Å²) in [6.45, 7) is 7.06. The molecule has 21 heavy (non-hydrogen) atoms. The highest BCUT2D eigenvalue weighted by molar-refractivity contribution is 14.0. The van der Waals surface area contributed by atoms with E-state index in [0.29, 0.717) is 24.9 Å². The van der Waals surface area contributed by atoms with E-state index in [4.69, 9.17) is 4.42 Å². The Labute approximate surface area is 142 Å². The Bertz CT molecular complexity index is 454. The van der Waals surface area contributed by atoms with Crippen LogP contribution in [-0.4, -0.2) is 37.0 Å². The number of carbonyl (C=O) groups excluding carboxylic acids is 1. The zero-order valence-corrected chi connectivity index (χ0v) is 15.3. The molecule has 0 saturated carbocycles. The molecular weight excluding hydrogens is 385 g/mol. The number of aromatic nitrogens is 1. The summed E-state index contributed by atoms with van der Waals surface area (Å²) in [4.78, 5) is 19.7. The van der Waals surface area contributed by atoms with Crippen molar-refractivity contribution in [1.82, 2.24) is 20.9 Å². The van der Waals surface area contributed by atoms with Crippen molar-refractivity contribution in [3.05, 3.63) is 17.3 Å². The van der Waals surface area contributed by atoms with Crippen molar-refractivity contribution < 1.29 is 9.21 Å². The van der Waals surface area contributed by atoms with Crippen molar-refractivity contribution in [2.45, 2.75) is 33.7 Å². The van der Waals surface area contributed by atoms with Gasteiger partial charge in [0.05, 0.1) is 18.8 Å². The van der Waals surface area contributed by atoms with Gasteiger partial charge in [-0.2, -0.15) is 0 Å². The summed E-state index contributed by atoms with van der Waals surface area (Å²) in [6.07, 6.45) is 0.918. The molecule has 120 valence electrons. The molecule has 0 unspecified atom stereocenters. The highest BCUT2D eigenvalue weighted by atomic mass is 127. The number of nitrogens with zero attached hydrogens (tertiary/aromatic N) is 2. The lowest BCUT2D eigenvalue weighted by atomic mass is 10.4. The molecule has 1 aromatic heterocycles. The number of carbonyl (C=O) groups is 1. The van der Waals surface area contributed by atoms with E-state index in [0.717, 1.165) is 17.9 Å². The fourth-order valence-electron chi connectivity index (χ4n) is 1.49. The first kappa shape index (κ1) is 19.7. The molecule has 0 bridgehead atoms. The highest BCUT2D eigenvalue weighted by Gasteiger charge is 2.07. The largest absolute Gasteiger partial charge is 0.444 e. The molecule has 0 atom stereocenters. The number of oxazole rings is 1. The molecule has 1 heterocycles. The molecule has 0 aliphatic rings. The van der Waals surface area contributed by atoms with Crippen LogP contribution in [0.1, 0.15) is 30.7 Å². The second-order valence-electron chi connectivity index (χ2n) is 4.38. The van der Waals surface area contributed by atoms with Gasteiger partial charge < -0.3 is 20.4 Å². The molecular formula is C13H24IN5O2. The lowest BCUT2D eigenvalue weighted by molar-refractivity contribution is -0.120. The van der Waals surface area contributed by atoms with Gasteiger partial charge in [0, 0.05) is 13.6 Å². The summed E-state index contributed by atoms with van der Waals surface area (Å²) >= 11 is 0. The van der Waals surface area contributed by atoms with Crippen molar-refractivity contribution in [3.63, 3.8) is 0 Å². The molecule has 0 fully saturated rings. The summed E-state index contributed by atoms with van der Waals surface area (Å²) in [7, 11) is 1.64. The standard InChI is InChI=1S/C13H23N5O2.HI/c1-5-6-15-11(19)7-16-13(14-4)17-8-12-18-9(2)10(3)20-12;/h5-8H2,1-4H3,(H,15,19)(H2,14,16,17);1H. The number of hydrogen-bond donors (Lipinski definition) is 3. The molecule has 1 rings (SSSR count). The number of nitrogens with one attached hydrogen (secondary N) is 3. The molecule has 1 aromatic rings. The van der Waals surface area contributed by atoms with Crippen LogP contribution in [0, 0.1) is 13.8 Å². The second kappa shape index (κ2) is 10.4. The van der Waals surface area contributed by atoms with Crippen molar-refractivity contribution in [2.75, 3.05) is 20.1 Å². The molecule has 0 spiro atoms. The van der Waals surface area contributed by atoms with E-state index in [9.17, 15) is 4.79 Å². The van der Waals surface area contributed by atoms with E-state index in [2.05, 4.69) is 25.9 Å². The molecule has 0 aliphatic carbocycles. The molecule has 0 radical (unpaired) electrons. The summed E-state index contributed by atoms with van der Waals surface area (Å²) in [5, 5.41) is 8.75. The lowest BCUT2D eigenvalue weighted by Gasteiger charge is -2.10. The van der Waals surface area contributed by atoms with Crippen molar-refractivity contribution in [3.8, 4) is 0 Å². The normalized spacial score (nSPS) is 10.8. The predicted molar refractivity (Wildman–Crippen MR) is 92.9 cm³/mol. The van der Waals surface area contributed by atoms with Gasteiger partial charge in [0.25, 0.3) is 0 Å². The molecule has 7 nitrogen and oxygen atoms in total. The Kier molecular flexibility index (Phi) is 9.76. The SMILES string of the molecule is CCCNC(=O)CNC(=NC)NCc1nc(C)c(C)o1.I. The first-order valence-corrected chi connectivity index (χ1v) is 6.71. The minimum atomic E-state index is -0.0578. The smallest absolute Gasteiger partial charge is 0.239 e. The number of aliphatic imine (C=N–C) groups is 1. The Hall–Kier alpha value is -1.32. The van der Waals surface area contributed by atoms with Crippen LogP contribution in [0.15, 0.2) is 9.41 Å². The summed E-state index contributed by atoms with van der Waals surface area (Å²) in [5.74, 6) is 1.88. The monoisotopic (exact) mass is 409 g/mol. The highest BCUT2D eigenvalue weighted by Crippen LogP contribution is 2.07. The van der Waals surface area contributed by atoms with Crippen LogP contribution in [0.3, 0.4) is 0 Å². The average molecular weight is 409 g/mol. The zero-order valence-electron chi connectivity index (χ0n) is 12.9. The Morgan fingerprint density at radius 1 is 1.29 bits per heavy atom. The van der Waals surface area contributed by atoms with Crippen molar-refractivity contribution >= 4 is 35.8 Å². The maximum atomic E-state index is 11.5. The Morgan fingerprint density at radius 2 is 2.00 bits per heavy atom. The van der Waals surface area contributed by atoms with Crippen molar-refractivity contribution in [1.29, 1.82) is 0 Å². The third kappa shape index (κ3) is 7.30. The molecule has 8 heteroatoms. The van der Waals surface area contributed by atoms with Gasteiger partial charge in [-0.1, -0.05) is 6.92 Å². The van der Waals surface area contributed by atoms with E-state index in [-0.39, 0.29) is 36.4 Å². The second-order valence-corrected chi connectivity index (χ2v) is 4.38. The Balaban J connectivity index is 0.00000400. The molecule has 0 aromatic carbocycles. The van der Waals surface area contributed by atoms with E-state index in [1.807, 2.05) is 20.8 Å². The van der Waals surface area contributed by atoms with Crippen LogP contribution in [0.4, 0.5) is 0 Å². The van der Waals surface area contributed by atoms with E-state index >= 15 is 0 Å². The third-order valence-corrected chi connectivity index (χ3v) is 2.69. The number of amides is 1. The minimum absolute atomic E-state index is 0. The van der Waals surface area contributed by atoms with E-state index in [1.165, 1.54) is 0 Å². The van der Waals surface area contributed by atoms with Crippen LogP contribution >= 0.6 is 24.0 Å². The van der Waals surface area contributed by atoms with Gasteiger partial charge >= 0.3 is 0 Å². The van der Waals surface area contributed by atoms with Crippen LogP contribution in [0.5, 0.6) is 0 Å². The van der Waals surface area contributed by atoms with Gasteiger partial charge in [0.2, 0.25) is 11.8 Å². The first-order valence-electron chi connectivity index (χ1n) is 6.71. The van der Waals surface area contributed by atoms with Crippen LogP contribution in [0.2, 0.25) is 0 Å². The average Bonchev–Trinajstić information content (AvgIpc) is 2.75. The van der Waals surface area contributed by atoms with Crippen LogP contribution in [-0.2, 0) is 11.3 Å². The lowest BCUT2D eigenvalue weighted by Crippen LogP contribution is -2.43. The minimum Gasteiger partial charge on any atom is -0.444 e. The topological polar surface area (TPSA) is 91.5 Å². The van der Waals surface area contributed by atoms with Gasteiger partial charge in [0.15, 0.2) is 5.96 Å². The van der Waals surface area contributed by atoms with E-state index < -0.39 is 0 Å². The number of halogens is 1. The number of hydrogen-bond acceptors (Lipinski definition) is 4. The number of aryl methyl sites for hydroxylation is 2. The van der Waals surface area contributed by atoms with Crippen molar-refractivity contribution in [2.24, 2.45) is 4.99 Å². The van der Waals surface area contributed by atoms with Crippen LogP contribution in [0.25, 0.3) is 0 Å². The quantitative estimate of drug-likeness (QED) is 0.372. The van der Waals surface area contributed by atoms with Crippen LogP contribution < -0.4 is 16.0 Å². The first-order chi connectivity index (χ1) is 9.56.